The number of fused-ring (bicyclic) bond motifs is 1. The van der Waals surface area contributed by atoms with Crippen molar-refractivity contribution in [2.24, 2.45) is 0 Å². The van der Waals surface area contributed by atoms with Gasteiger partial charge in [-0.3, -0.25) is 4.79 Å². The number of rotatable bonds is 3. The molecule has 0 aliphatic carbocycles. The largest absolute Gasteiger partial charge is 0.365 e. The Balaban J connectivity index is 1.31. The van der Waals surface area contributed by atoms with Gasteiger partial charge in [0.15, 0.2) is 5.69 Å². The molecule has 0 spiro atoms. The molecule has 2 aromatic heterocycles. The van der Waals surface area contributed by atoms with E-state index in [1.54, 1.807) is 6.92 Å². The van der Waals surface area contributed by atoms with Crippen molar-refractivity contribution in [2.75, 3.05) is 13.1 Å². The van der Waals surface area contributed by atoms with Crippen molar-refractivity contribution in [1.82, 2.24) is 30.0 Å². The third kappa shape index (κ3) is 3.49. The third-order valence-electron chi connectivity index (χ3n) is 5.99. The Bertz CT molecular complexity index is 1050. The number of amides is 1. The van der Waals surface area contributed by atoms with Gasteiger partial charge in [-0.15, -0.1) is 5.10 Å². The molecule has 3 aromatic rings. The number of aromatic nitrogens is 5. The van der Waals surface area contributed by atoms with E-state index in [0.29, 0.717) is 43.7 Å². The fourth-order valence-corrected chi connectivity index (χ4v) is 4.11. The molecule has 9 nitrogen and oxygen atoms in total. The molecule has 4 heterocycles. The molecule has 1 unspecified atom stereocenters. The first kappa shape index (κ1) is 18.9. The van der Waals surface area contributed by atoms with Crippen LogP contribution in [0.15, 0.2) is 28.8 Å². The molecule has 0 bridgehead atoms. The van der Waals surface area contributed by atoms with E-state index in [9.17, 15) is 4.79 Å². The van der Waals surface area contributed by atoms with Gasteiger partial charge in [0.1, 0.15) is 6.10 Å². The molecule has 1 atom stereocenters. The Morgan fingerprint density at radius 2 is 1.93 bits per heavy atom. The highest BCUT2D eigenvalue weighted by Gasteiger charge is 2.30. The van der Waals surface area contributed by atoms with E-state index in [-0.39, 0.29) is 17.9 Å². The summed E-state index contributed by atoms with van der Waals surface area (Å²) in [5, 5.41) is 12.7. The topological polar surface area (TPSA) is 99.2 Å². The van der Waals surface area contributed by atoms with E-state index < -0.39 is 0 Å². The van der Waals surface area contributed by atoms with Crippen LogP contribution in [0.25, 0.3) is 11.5 Å². The van der Waals surface area contributed by atoms with E-state index in [1.165, 1.54) is 5.56 Å². The number of hydrogen-bond donors (Lipinski definition) is 0. The summed E-state index contributed by atoms with van der Waals surface area (Å²) in [6, 6.07) is 8.35. The molecule has 1 saturated heterocycles. The minimum Gasteiger partial charge on any atom is -0.365 e. The zero-order valence-electron chi connectivity index (χ0n) is 17.1. The summed E-state index contributed by atoms with van der Waals surface area (Å²) >= 11 is 0. The summed E-state index contributed by atoms with van der Waals surface area (Å²) in [6.45, 7) is 6.09. The minimum atomic E-state index is -0.0556. The summed E-state index contributed by atoms with van der Waals surface area (Å²) in [7, 11) is 0. The van der Waals surface area contributed by atoms with Gasteiger partial charge < -0.3 is 14.2 Å². The molecule has 0 radical (unpaired) electrons. The second-order valence-electron chi connectivity index (χ2n) is 8.01. The highest BCUT2D eigenvalue weighted by Crippen LogP contribution is 2.32. The molecule has 30 heavy (non-hydrogen) atoms. The maximum absolute atomic E-state index is 11.5. The van der Waals surface area contributed by atoms with Crippen molar-refractivity contribution >= 4 is 5.91 Å². The number of aryl methyl sites for hydroxylation is 1. The molecule has 0 N–H and O–H groups in total. The highest BCUT2D eigenvalue weighted by atomic mass is 16.5. The van der Waals surface area contributed by atoms with Gasteiger partial charge >= 0.3 is 0 Å². The van der Waals surface area contributed by atoms with E-state index in [0.717, 1.165) is 24.1 Å². The van der Waals surface area contributed by atoms with Crippen molar-refractivity contribution in [3.05, 3.63) is 47.0 Å². The monoisotopic (exact) mass is 408 g/mol. The molecule has 5 rings (SSSR count). The van der Waals surface area contributed by atoms with Crippen molar-refractivity contribution in [3.63, 3.8) is 0 Å². The Kier molecular flexibility index (Phi) is 4.82. The van der Waals surface area contributed by atoms with Gasteiger partial charge in [-0.25, -0.2) is 4.68 Å². The summed E-state index contributed by atoms with van der Waals surface area (Å²) in [4.78, 5) is 18.0. The molecule has 2 aliphatic heterocycles. The number of likely N-dealkylation sites (tertiary alicyclic amines) is 1. The van der Waals surface area contributed by atoms with Crippen LogP contribution in [0.4, 0.5) is 0 Å². The smallest absolute Gasteiger partial charge is 0.230 e. The first-order valence-electron chi connectivity index (χ1n) is 10.3. The zero-order valence-corrected chi connectivity index (χ0v) is 17.1. The van der Waals surface area contributed by atoms with Crippen LogP contribution in [0.3, 0.4) is 0 Å². The van der Waals surface area contributed by atoms with Gasteiger partial charge in [0.05, 0.1) is 18.8 Å². The van der Waals surface area contributed by atoms with Crippen LogP contribution in [-0.2, 0) is 22.7 Å². The predicted molar refractivity (Wildman–Crippen MR) is 106 cm³/mol. The van der Waals surface area contributed by atoms with Gasteiger partial charge in [0.2, 0.25) is 17.6 Å². The number of piperidine rings is 1. The van der Waals surface area contributed by atoms with Crippen LogP contribution in [0.5, 0.6) is 0 Å². The summed E-state index contributed by atoms with van der Waals surface area (Å²) < 4.78 is 13.5. The Labute approximate surface area is 174 Å². The van der Waals surface area contributed by atoms with Gasteiger partial charge in [0, 0.05) is 25.9 Å². The molecule has 9 heteroatoms. The minimum absolute atomic E-state index is 0.0556. The fourth-order valence-electron chi connectivity index (χ4n) is 4.11. The lowest BCUT2D eigenvalue weighted by molar-refractivity contribution is -0.129. The van der Waals surface area contributed by atoms with Crippen molar-refractivity contribution in [3.8, 4) is 11.5 Å². The number of carbonyl (C=O) groups excluding carboxylic acids is 1. The Hall–Kier alpha value is -3.07. The van der Waals surface area contributed by atoms with Crippen molar-refractivity contribution in [2.45, 2.75) is 51.9 Å². The lowest BCUT2D eigenvalue weighted by Crippen LogP contribution is -2.36. The third-order valence-corrected chi connectivity index (χ3v) is 5.99. The van der Waals surface area contributed by atoms with Crippen LogP contribution in [-0.4, -0.2) is 49.0 Å². The molecule has 2 aliphatic rings. The first-order chi connectivity index (χ1) is 14.6. The van der Waals surface area contributed by atoms with E-state index in [4.69, 9.17) is 9.26 Å². The quantitative estimate of drug-likeness (QED) is 0.657. The second-order valence-corrected chi connectivity index (χ2v) is 8.01. The SMILES string of the molecule is CC(=O)N1CCC(c2nc(-c3nnn4c3COC(c3ccc(C)cc3)C4)no2)CC1. The average molecular weight is 408 g/mol. The van der Waals surface area contributed by atoms with Gasteiger partial charge in [0.25, 0.3) is 0 Å². The first-order valence-corrected chi connectivity index (χ1v) is 10.3. The van der Waals surface area contributed by atoms with Crippen molar-refractivity contribution in [1.29, 1.82) is 0 Å². The van der Waals surface area contributed by atoms with E-state index >= 15 is 0 Å². The maximum atomic E-state index is 11.5. The Morgan fingerprint density at radius 3 is 2.67 bits per heavy atom. The second kappa shape index (κ2) is 7.64. The summed E-state index contributed by atoms with van der Waals surface area (Å²) in [5.74, 6) is 1.32. The number of benzene rings is 1. The summed E-state index contributed by atoms with van der Waals surface area (Å²) in [5.41, 5.74) is 3.81. The van der Waals surface area contributed by atoms with Crippen molar-refractivity contribution < 1.29 is 14.1 Å². The van der Waals surface area contributed by atoms with Crippen LogP contribution >= 0.6 is 0 Å². The normalized spacial score (nSPS) is 19.7. The number of carbonyl (C=O) groups is 1. The fraction of sp³-hybridized carbons (Fsp3) is 0.476. The molecule has 1 amide bonds. The maximum Gasteiger partial charge on any atom is 0.230 e. The standard InChI is InChI=1S/C21H24N6O3/c1-13-3-5-15(6-4-13)18-11-27-17(12-29-18)19(23-25-27)20-22-21(30-24-20)16-7-9-26(10-8-16)14(2)28/h3-6,16,18H,7-12H2,1-2H3. The molecule has 156 valence electrons. The highest BCUT2D eigenvalue weighted by molar-refractivity contribution is 5.73. The van der Waals surface area contributed by atoms with Crippen LogP contribution in [0.1, 0.15) is 54.5 Å². The van der Waals surface area contributed by atoms with E-state index in [1.807, 2.05) is 9.58 Å². The molecule has 1 fully saturated rings. The lowest BCUT2D eigenvalue weighted by Gasteiger charge is -2.29. The lowest BCUT2D eigenvalue weighted by atomic mass is 9.97. The molecular formula is C21H24N6O3. The van der Waals surface area contributed by atoms with Gasteiger partial charge in [-0.2, -0.15) is 4.98 Å². The number of nitrogens with zero attached hydrogens (tertiary/aromatic N) is 6. The number of hydrogen-bond acceptors (Lipinski definition) is 7. The predicted octanol–water partition coefficient (Wildman–Crippen LogP) is 2.63. The zero-order chi connectivity index (χ0) is 20.7. The molecular weight excluding hydrogens is 384 g/mol. The van der Waals surface area contributed by atoms with Crippen LogP contribution in [0, 0.1) is 6.92 Å². The van der Waals surface area contributed by atoms with Crippen LogP contribution in [0.2, 0.25) is 0 Å². The summed E-state index contributed by atoms with van der Waals surface area (Å²) in [6.07, 6.45) is 1.59. The molecule has 0 saturated carbocycles. The van der Waals surface area contributed by atoms with Crippen LogP contribution < -0.4 is 0 Å². The Morgan fingerprint density at radius 1 is 1.17 bits per heavy atom. The average Bonchev–Trinajstić information content (AvgIpc) is 3.41. The van der Waals surface area contributed by atoms with Gasteiger partial charge in [-0.1, -0.05) is 40.2 Å². The molecule has 1 aromatic carbocycles. The van der Waals surface area contributed by atoms with E-state index in [2.05, 4.69) is 51.6 Å². The number of ether oxygens (including phenoxy) is 1. The van der Waals surface area contributed by atoms with Gasteiger partial charge in [-0.05, 0) is 25.3 Å².